The highest BCUT2D eigenvalue weighted by Gasteiger charge is 2.23. The third kappa shape index (κ3) is 3.16. The van der Waals surface area contributed by atoms with Crippen molar-refractivity contribution in [3.05, 3.63) is 53.1 Å². The van der Waals surface area contributed by atoms with E-state index in [1.807, 2.05) is 12.1 Å². The predicted octanol–water partition coefficient (Wildman–Crippen LogP) is 4.33. The third-order valence-electron chi connectivity index (χ3n) is 4.40. The maximum absolute atomic E-state index is 12.8. The first-order valence-corrected chi connectivity index (χ1v) is 10.1. The predicted molar refractivity (Wildman–Crippen MR) is 104 cm³/mol. The molecule has 2 aromatic carbocycles. The fourth-order valence-corrected chi connectivity index (χ4v) is 4.64. The molecule has 0 aliphatic rings. The molecule has 0 fully saturated rings. The molecule has 5 nitrogen and oxygen atoms in total. The molecule has 0 aliphatic carbocycles. The van der Waals surface area contributed by atoms with E-state index in [0.717, 1.165) is 11.8 Å². The molecule has 7 heteroatoms. The van der Waals surface area contributed by atoms with Crippen LogP contribution in [-0.4, -0.2) is 37.1 Å². The summed E-state index contributed by atoms with van der Waals surface area (Å²) in [5, 5.41) is 1.18. The molecule has 0 amide bonds. The topological polar surface area (TPSA) is 70.2 Å². The monoisotopic (exact) mass is 390 g/mol. The van der Waals surface area contributed by atoms with Gasteiger partial charge in [-0.1, -0.05) is 37.6 Å². The Kier molecular flexibility index (Phi) is 5.18. The Hall–Kier alpha value is -2.15. The van der Waals surface area contributed by atoms with Crippen LogP contribution in [0.5, 0.6) is 0 Å². The summed E-state index contributed by atoms with van der Waals surface area (Å²) in [5.41, 5.74) is 2.58. The van der Waals surface area contributed by atoms with E-state index < -0.39 is 10.0 Å². The van der Waals surface area contributed by atoms with Crippen LogP contribution in [0.25, 0.3) is 22.2 Å². The van der Waals surface area contributed by atoms with Crippen molar-refractivity contribution in [2.45, 2.75) is 18.7 Å². The molecule has 1 N–H and O–H groups in total. The van der Waals surface area contributed by atoms with Crippen LogP contribution in [0.3, 0.4) is 0 Å². The van der Waals surface area contributed by atoms with Crippen LogP contribution in [0.15, 0.2) is 47.4 Å². The maximum atomic E-state index is 12.8. The lowest BCUT2D eigenvalue weighted by molar-refractivity contribution is 0.112. The van der Waals surface area contributed by atoms with Crippen molar-refractivity contribution >= 4 is 38.8 Å². The van der Waals surface area contributed by atoms with Crippen molar-refractivity contribution in [1.82, 2.24) is 9.29 Å². The summed E-state index contributed by atoms with van der Waals surface area (Å²) in [6.07, 6.45) is 0.747. The Balaban J connectivity index is 2.19. The van der Waals surface area contributed by atoms with E-state index in [2.05, 4.69) is 4.98 Å². The van der Waals surface area contributed by atoms with Gasteiger partial charge in [0, 0.05) is 34.6 Å². The number of benzene rings is 2. The number of aldehydes is 1. The quantitative estimate of drug-likeness (QED) is 0.637. The largest absolute Gasteiger partial charge is 0.354 e. The Morgan fingerprint density at radius 2 is 1.73 bits per heavy atom. The lowest BCUT2D eigenvalue weighted by Gasteiger charge is -2.18. The Morgan fingerprint density at radius 3 is 2.31 bits per heavy atom. The van der Waals surface area contributed by atoms with Gasteiger partial charge in [0.25, 0.3) is 0 Å². The number of rotatable bonds is 6. The Morgan fingerprint density at radius 1 is 1.08 bits per heavy atom. The molecule has 0 radical (unpaired) electrons. The minimum absolute atomic E-state index is 0.179. The highest BCUT2D eigenvalue weighted by Crippen LogP contribution is 2.32. The van der Waals surface area contributed by atoms with E-state index in [-0.39, 0.29) is 4.90 Å². The van der Waals surface area contributed by atoms with E-state index in [0.29, 0.717) is 40.3 Å². The summed E-state index contributed by atoms with van der Waals surface area (Å²) >= 11 is 5.93. The second-order valence-electron chi connectivity index (χ2n) is 5.84. The number of carbonyl (C=O) groups is 1. The van der Waals surface area contributed by atoms with Crippen molar-refractivity contribution in [1.29, 1.82) is 0 Å². The second-order valence-corrected chi connectivity index (χ2v) is 8.21. The van der Waals surface area contributed by atoms with Crippen LogP contribution in [0, 0.1) is 0 Å². The number of aromatic amines is 1. The molecule has 3 rings (SSSR count). The molecule has 0 saturated carbocycles. The van der Waals surface area contributed by atoms with Crippen molar-refractivity contribution < 1.29 is 13.2 Å². The zero-order valence-corrected chi connectivity index (χ0v) is 16.1. The molecule has 1 heterocycles. The number of H-pyrrole nitrogens is 1. The first kappa shape index (κ1) is 18.6. The fraction of sp³-hybridized carbons (Fsp3) is 0.211. The van der Waals surface area contributed by atoms with E-state index in [1.165, 1.54) is 4.31 Å². The lowest BCUT2D eigenvalue weighted by Crippen LogP contribution is -2.30. The van der Waals surface area contributed by atoms with E-state index >= 15 is 0 Å². The standard InChI is InChI=1S/C19H19ClN2O3S/c1-3-22(4-2)26(24,25)15-9-10-18-16(11-15)17(12-23)19(21-18)13-5-7-14(20)8-6-13/h5-12,21H,3-4H2,1-2H3. The Bertz CT molecular complexity index is 1050. The van der Waals surface area contributed by atoms with Gasteiger partial charge in [0.2, 0.25) is 10.0 Å². The summed E-state index contributed by atoms with van der Waals surface area (Å²) in [4.78, 5) is 15.1. The molecule has 0 aliphatic heterocycles. The van der Waals surface area contributed by atoms with Gasteiger partial charge in [0.05, 0.1) is 10.6 Å². The molecule has 136 valence electrons. The summed E-state index contributed by atoms with van der Waals surface area (Å²) in [5.74, 6) is 0. The zero-order valence-electron chi connectivity index (χ0n) is 14.5. The number of nitrogens with one attached hydrogen (secondary N) is 1. The molecule has 0 unspecified atom stereocenters. The summed E-state index contributed by atoms with van der Waals surface area (Å²) in [6.45, 7) is 4.37. The van der Waals surface area contributed by atoms with E-state index in [1.54, 1.807) is 44.2 Å². The molecule has 0 spiro atoms. The van der Waals surface area contributed by atoms with Gasteiger partial charge in [0.1, 0.15) is 0 Å². The first-order chi connectivity index (χ1) is 12.4. The highest BCUT2D eigenvalue weighted by atomic mass is 35.5. The average molecular weight is 391 g/mol. The van der Waals surface area contributed by atoms with E-state index in [4.69, 9.17) is 11.6 Å². The SMILES string of the molecule is CCN(CC)S(=O)(=O)c1ccc2[nH]c(-c3ccc(Cl)cc3)c(C=O)c2c1. The number of fused-ring (bicyclic) bond motifs is 1. The normalized spacial score (nSPS) is 12.0. The number of nitrogens with zero attached hydrogens (tertiary/aromatic N) is 1. The van der Waals surface area contributed by atoms with Crippen LogP contribution in [0.2, 0.25) is 5.02 Å². The van der Waals surface area contributed by atoms with Crippen molar-refractivity contribution in [2.75, 3.05) is 13.1 Å². The van der Waals surface area contributed by atoms with Crippen LogP contribution in [0.1, 0.15) is 24.2 Å². The average Bonchev–Trinajstić information content (AvgIpc) is 3.00. The first-order valence-electron chi connectivity index (χ1n) is 8.29. The van der Waals surface area contributed by atoms with Crippen molar-refractivity contribution in [3.8, 4) is 11.3 Å². The molecular weight excluding hydrogens is 372 g/mol. The smallest absolute Gasteiger partial charge is 0.243 e. The van der Waals surface area contributed by atoms with Gasteiger partial charge in [0.15, 0.2) is 6.29 Å². The zero-order chi connectivity index (χ0) is 18.9. The van der Waals surface area contributed by atoms with Gasteiger partial charge in [-0.2, -0.15) is 4.31 Å². The second kappa shape index (κ2) is 7.23. The summed E-state index contributed by atoms with van der Waals surface area (Å²) in [6, 6.07) is 11.9. The highest BCUT2D eigenvalue weighted by molar-refractivity contribution is 7.89. The van der Waals surface area contributed by atoms with E-state index in [9.17, 15) is 13.2 Å². The number of aromatic nitrogens is 1. The van der Waals surface area contributed by atoms with Crippen molar-refractivity contribution in [3.63, 3.8) is 0 Å². The minimum atomic E-state index is -3.59. The van der Waals surface area contributed by atoms with Crippen LogP contribution in [0.4, 0.5) is 0 Å². The van der Waals surface area contributed by atoms with Crippen LogP contribution in [-0.2, 0) is 10.0 Å². The molecule has 0 atom stereocenters. The molecule has 26 heavy (non-hydrogen) atoms. The molecule has 0 bridgehead atoms. The fourth-order valence-electron chi connectivity index (χ4n) is 3.03. The maximum Gasteiger partial charge on any atom is 0.243 e. The summed E-state index contributed by atoms with van der Waals surface area (Å²) < 4.78 is 26.9. The van der Waals surface area contributed by atoms with Gasteiger partial charge < -0.3 is 4.98 Å². The molecular formula is C19H19ClN2O3S. The van der Waals surface area contributed by atoms with Crippen LogP contribution >= 0.6 is 11.6 Å². The van der Waals surface area contributed by atoms with Gasteiger partial charge >= 0.3 is 0 Å². The summed E-state index contributed by atoms with van der Waals surface area (Å²) in [7, 11) is -3.59. The molecule has 1 aromatic heterocycles. The lowest BCUT2D eigenvalue weighted by atomic mass is 10.1. The number of hydrogen-bond acceptors (Lipinski definition) is 3. The number of carbonyl (C=O) groups excluding carboxylic acids is 1. The third-order valence-corrected chi connectivity index (χ3v) is 6.70. The van der Waals surface area contributed by atoms with Gasteiger partial charge in [-0.15, -0.1) is 0 Å². The number of sulfonamides is 1. The number of hydrogen-bond donors (Lipinski definition) is 1. The van der Waals surface area contributed by atoms with Gasteiger partial charge in [-0.05, 0) is 35.9 Å². The van der Waals surface area contributed by atoms with Crippen molar-refractivity contribution in [2.24, 2.45) is 0 Å². The molecule has 3 aromatic rings. The molecule has 0 saturated heterocycles. The van der Waals surface area contributed by atoms with Crippen LogP contribution < -0.4 is 0 Å². The number of halogens is 1. The van der Waals surface area contributed by atoms with Gasteiger partial charge in [-0.3, -0.25) is 4.79 Å². The minimum Gasteiger partial charge on any atom is -0.354 e. The van der Waals surface area contributed by atoms with Gasteiger partial charge in [-0.25, -0.2) is 8.42 Å². The Labute approximate surface area is 157 Å².